The van der Waals surface area contributed by atoms with Crippen LogP contribution in [0, 0.1) is 5.92 Å². The average Bonchev–Trinajstić information content (AvgIpc) is 3.06. The summed E-state index contributed by atoms with van der Waals surface area (Å²) in [4.78, 5) is 10.9. The van der Waals surface area contributed by atoms with E-state index in [-0.39, 0.29) is 5.97 Å². The van der Waals surface area contributed by atoms with E-state index in [1.807, 2.05) is 12.1 Å². The predicted octanol–water partition coefficient (Wildman–Crippen LogP) is 2.52. The van der Waals surface area contributed by atoms with E-state index in [2.05, 4.69) is 29.0 Å². The van der Waals surface area contributed by atoms with Gasteiger partial charge in [0, 0.05) is 6.08 Å². The number of carbonyl (C=O) groups is 1. The van der Waals surface area contributed by atoms with Gasteiger partial charge in [0.15, 0.2) is 0 Å². The van der Waals surface area contributed by atoms with E-state index in [9.17, 15) is 4.79 Å². The summed E-state index contributed by atoms with van der Waals surface area (Å²) in [5.74, 6) is 0.826. The molecule has 1 aromatic rings. The van der Waals surface area contributed by atoms with Crippen molar-refractivity contribution in [1.29, 1.82) is 0 Å². The largest absolute Gasteiger partial charge is 0.466 e. The van der Waals surface area contributed by atoms with Crippen molar-refractivity contribution in [3.05, 3.63) is 48.0 Å². The van der Waals surface area contributed by atoms with Crippen molar-refractivity contribution in [3.63, 3.8) is 0 Å². The van der Waals surface area contributed by atoms with Gasteiger partial charge in [-0.3, -0.25) is 0 Å². The maximum absolute atomic E-state index is 10.9. The van der Waals surface area contributed by atoms with Gasteiger partial charge >= 0.3 is 5.97 Å². The van der Waals surface area contributed by atoms with Crippen molar-refractivity contribution >= 4 is 5.97 Å². The molecule has 2 heteroatoms. The molecule has 0 heterocycles. The number of ether oxygens (including phenoxy) is 1. The Hall–Kier alpha value is -1.57. The molecular weight excluding hydrogens is 188 g/mol. The first-order valence-electron chi connectivity index (χ1n) is 5.12. The quantitative estimate of drug-likeness (QED) is 0.556. The maximum Gasteiger partial charge on any atom is 0.330 e. The first-order chi connectivity index (χ1) is 7.31. The summed E-state index contributed by atoms with van der Waals surface area (Å²) in [6.45, 7) is 0. The molecule has 15 heavy (non-hydrogen) atoms. The van der Waals surface area contributed by atoms with Crippen molar-refractivity contribution in [2.24, 2.45) is 5.92 Å². The number of methoxy groups -OCH3 is 1. The van der Waals surface area contributed by atoms with Crippen molar-refractivity contribution in [1.82, 2.24) is 0 Å². The SMILES string of the molecule is COC(=O)/C=C/[C@H]1C[C@H]1c1ccccc1. The Morgan fingerprint density at radius 2 is 2.13 bits per heavy atom. The van der Waals surface area contributed by atoms with Crippen LogP contribution in [0.3, 0.4) is 0 Å². The molecule has 0 radical (unpaired) electrons. The minimum Gasteiger partial charge on any atom is -0.466 e. The molecule has 1 saturated carbocycles. The summed E-state index contributed by atoms with van der Waals surface area (Å²) in [5, 5.41) is 0. The zero-order valence-corrected chi connectivity index (χ0v) is 8.72. The van der Waals surface area contributed by atoms with E-state index in [0.717, 1.165) is 6.42 Å². The van der Waals surface area contributed by atoms with Gasteiger partial charge in [-0.15, -0.1) is 0 Å². The van der Waals surface area contributed by atoms with Crippen molar-refractivity contribution < 1.29 is 9.53 Å². The molecule has 1 aromatic carbocycles. The molecule has 0 aromatic heterocycles. The number of allylic oxidation sites excluding steroid dienone is 1. The number of carbonyl (C=O) groups excluding carboxylic acids is 1. The minimum atomic E-state index is -0.270. The molecule has 78 valence electrons. The maximum atomic E-state index is 10.9. The molecule has 0 bridgehead atoms. The second-order valence-corrected chi connectivity index (χ2v) is 3.80. The third-order valence-corrected chi connectivity index (χ3v) is 2.75. The minimum absolute atomic E-state index is 0.270. The van der Waals surface area contributed by atoms with Gasteiger partial charge in [0.05, 0.1) is 7.11 Å². The fourth-order valence-corrected chi connectivity index (χ4v) is 1.78. The standard InChI is InChI=1S/C13H14O2/c1-15-13(14)8-7-11-9-12(11)10-5-3-2-4-6-10/h2-8,11-12H,9H2,1H3/b8-7+/t11-,12-/m0/s1. The number of benzene rings is 1. The number of hydrogen-bond donors (Lipinski definition) is 0. The second-order valence-electron chi connectivity index (χ2n) is 3.80. The van der Waals surface area contributed by atoms with Crippen molar-refractivity contribution in [3.8, 4) is 0 Å². The summed E-state index contributed by atoms with van der Waals surface area (Å²) in [6.07, 6.45) is 4.61. The van der Waals surface area contributed by atoms with Crippen LogP contribution in [0.5, 0.6) is 0 Å². The number of rotatable bonds is 3. The van der Waals surface area contributed by atoms with E-state index >= 15 is 0 Å². The lowest BCUT2D eigenvalue weighted by Crippen LogP contribution is -1.93. The molecular formula is C13H14O2. The van der Waals surface area contributed by atoms with Crippen LogP contribution in [0.25, 0.3) is 0 Å². The fourth-order valence-electron chi connectivity index (χ4n) is 1.78. The van der Waals surface area contributed by atoms with Gasteiger partial charge in [0.2, 0.25) is 0 Å². The molecule has 2 rings (SSSR count). The van der Waals surface area contributed by atoms with Crippen molar-refractivity contribution in [2.45, 2.75) is 12.3 Å². The van der Waals surface area contributed by atoms with E-state index in [1.54, 1.807) is 0 Å². The Labute approximate surface area is 89.6 Å². The zero-order chi connectivity index (χ0) is 10.7. The highest BCUT2D eigenvalue weighted by Crippen LogP contribution is 2.48. The van der Waals surface area contributed by atoms with Crippen LogP contribution in [0.1, 0.15) is 17.9 Å². The predicted molar refractivity (Wildman–Crippen MR) is 58.4 cm³/mol. The lowest BCUT2D eigenvalue weighted by atomic mass is 10.1. The van der Waals surface area contributed by atoms with Gasteiger partial charge in [-0.25, -0.2) is 4.79 Å². The van der Waals surface area contributed by atoms with Gasteiger partial charge < -0.3 is 4.74 Å². The highest BCUT2D eigenvalue weighted by molar-refractivity contribution is 5.81. The Morgan fingerprint density at radius 3 is 2.80 bits per heavy atom. The van der Waals surface area contributed by atoms with E-state index in [1.165, 1.54) is 18.7 Å². The number of esters is 1. The smallest absolute Gasteiger partial charge is 0.330 e. The summed E-state index contributed by atoms with van der Waals surface area (Å²) >= 11 is 0. The van der Waals surface area contributed by atoms with Crippen LogP contribution in [-0.4, -0.2) is 13.1 Å². The van der Waals surface area contributed by atoms with Gasteiger partial charge in [0.25, 0.3) is 0 Å². The van der Waals surface area contributed by atoms with Gasteiger partial charge in [-0.1, -0.05) is 36.4 Å². The second kappa shape index (κ2) is 4.30. The van der Waals surface area contributed by atoms with Crippen LogP contribution in [-0.2, 0) is 9.53 Å². The van der Waals surface area contributed by atoms with Crippen LogP contribution >= 0.6 is 0 Å². The van der Waals surface area contributed by atoms with Gasteiger partial charge in [0.1, 0.15) is 0 Å². The molecule has 1 aliphatic carbocycles. The molecule has 0 amide bonds. The third kappa shape index (κ3) is 2.46. The summed E-state index contributed by atoms with van der Waals surface area (Å²) in [6, 6.07) is 10.4. The van der Waals surface area contributed by atoms with Gasteiger partial charge in [-0.05, 0) is 23.8 Å². The van der Waals surface area contributed by atoms with E-state index in [4.69, 9.17) is 0 Å². The summed E-state index contributed by atoms with van der Waals surface area (Å²) in [5.41, 5.74) is 1.36. The summed E-state index contributed by atoms with van der Waals surface area (Å²) in [7, 11) is 1.40. The molecule has 0 saturated heterocycles. The van der Waals surface area contributed by atoms with Crippen LogP contribution in [0.2, 0.25) is 0 Å². The Morgan fingerprint density at radius 1 is 1.40 bits per heavy atom. The molecule has 1 aliphatic rings. The molecule has 2 atom stereocenters. The Kier molecular flexibility index (Phi) is 2.86. The topological polar surface area (TPSA) is 26.3 Å². The van der Waals surface area contributed by atoms with Crippen LogP contribution < -0.4 is 0 Å². The molecule has 0 aliphatic heterocycles. The van der Waals surface area contributed by atoms with E-state index in [0.29, 0.717) is 11.8 Å². The molecule has 0 unspecified atom stereocenters. The highest BCUT2D eigenvalue weighted by atomic mass is 16.5. The first kappa shape index (κ1) is 9.97. The lowest BCUT2D eigenvalue weighted by Gasteiger charge is -1.96. The first-order valence-corrected chi connectivity index (χ1v) is 5.12. The lowest BCUT2D eigenvalue weighted by molar-refractivity contribution is -0.134. The van der Waals surface area contributed by atoms with Crippen LogP contribution in [0.15, 0.2) is 42.5 Å². The molecule has 1 fully saturated rings. The van der Waals surface area contributed by atoms with Crippen molar-refractivity contribution in [2.75, 3.05) is 7.11 Å². The molecule has 0 N–H and O–H groups in total. The fraction of sp³-hybridized carbons (Fsp3) is 0.308. The normalized spacial score (nSPS) is 24.1. The molecule has 0 spiro atoms. The highest BCUT2D eigenvalue weighted by Gasteiger charge is 2.35. The molecule has 2 nitrogen and oxygen atoms in total. The summed E-state index contributed by atoms with van der Waals surface area (Å²) < 4.78 is 4.54. The van der Waals surface area contributed by atoms with E-state index < -0.39 is 0 Å². The Bertz CT molecular complexity index is 367. The monoisotopic (exact) mass is 202 g/mol. The average molecular weight is 202 g/mol. The Balaban J connectivity index is 1.92. The zero-order valence-electron chi connectivity index (χ0n) is 8.72. The van der Waals surface area contributed by atoms with Crippen LogP contribution in [0.4, 0.5) is 0 Å². The van der Waals surface area contributed by atoms with Gasteiger partial charge in [-0.2, -0.15) is 0 Å². The third-order valence-electron chi connectivity index (χ3n) is 2.75. The number of hydrogen-bond acceptors (Lipinski definition) is 2.